The summed E-state index contributed by atoms with van der Waals surface area (Å²) in [7, 11) is 0. The molecule has 2 aromatic carbocycles. The van der Waals surface area contributed by atoms with Crippen LogP contribution >= 0.6 is 34.8 Å². The number of nitrogens with zero attached hydrogens (tertiary/aromatic N) is 1. The maximum Gasteiger partial charge on any atom is 0.277 e. The molecule has 132 valence electrons. The quantitative estimate of drug-likeness (QED) is 0.760. The highest BCUT2D eigenvalue weighted by Gasteiger charge is 2.39. The summed E-state index contributed by atoms with van der Waals surface area (Å²) in [5.41, 5.74) is 1.33. The minimum atomic E-state index is -0.657. The lowest BCUT2D eigenvalue weighted by molar-refractivity contribution is -0.120. The summed E-state index contributed by atoms with van der Waals surface area (Å²) in [5.74, 6) is -1.45. The van der Waals surface area contributed by atoms with Crippen LogP contribution in [0.3, 0.4) is 0 Å². The van der Waals surface area contributed by atoms with Gasteiger partial charge in [0.1, 0.15) is 5.03 Å². The number of nitrogens with one attached hydrogen (secondary N) is 1. The van der Waals surface area contributed by atoms with Crippen molar-refractivity contribution in [1.82, 2.24) is 0 Å². The lowest BCUT2D eigenvalue weighted by Crippen LogP contribution is -2.31. The number of carbonyl (C=O) groups excluding carboxylic acids is 3. The van der Waals surface area contributed by atoms with Gasteiger partial charge in [-0.2, -0.15) is 0 Å². The van der Waals surface area contributed by atoms with Gasteiger partial charge in [-0.3, -0.25) is 14.4 Å². The molecule has 5 nitrogen and oxygen atoms in total. The molecule has 0 atom stereocenters. The summed E-state index contributed by atoms with van der Waals surface area (Å²) in [6, 6.07) is 10.8. The Morgan fingerprint density at radius 1 is 0.923 bits per heavy atom. The molecule has 0 bridgehead atoms. The van der Waals surface area contributed by atoms with Crippen molar-refractivity contribution in [2.45, 2.75) is 6.92 Å². The molecule has 0 saturated heterocycles. The van der Waals surface area contributed by atoms with E-state index in [1.54, 1.807) is 24.3 Å². The average molecular weight is 410 g/mol. The van der Waals surface area contributed by atoms with E-state index in [2.05, 4.69) is 5.32 Å². The van der Waals surface area contributed by atoms with Gasteiger partial charge in [-0.25, -0.2) is 4.90 Å². The van der Waals surface area contributed by atoms with E-state index in [1.807, 2.05) is 0 Å². The maximum atomic E-state index is 12.8. The Morgan fingerprint density at radius 3 is 2.04 bits per heavy atom. The third kappa shape index (κ3) is 3.46. The fraction of sp³-hybridized carbons (Fsp3) is 0.0556. The van der Waals surface area contributed by atoms with Crippen LogP contribution in [0.25, 0.3) is 5.57 Å². The van der Waals surface area contributed by atoms with E-state index >= 15 is 0 Å². The van der Waals surface area contributed by atoms with Gasteiger partial charge in [0.05, 0.1) is 11.3 Å². The molecule has 3 rings (SSSR count). The van der Waals surface area contributed by atoms with E-state index in [0.717, 1.165) is 4.90 Å². The average Bonchev–Trinajstić information content (AvgIpc) is 2.76. The highest BCUT2D eigenvalue weighted by molar-refractivity contribution is 6.60. The van der Waals surface area contributed by atoms with Crippen molar-refractivity contribution in [2.24, 2.45) is 0 Å². The number of halogens is 3. The molecule has 1 aliphatic heterocycles. The molecule has 3 amide bonds. The minimum Gasteiger partial charge on any atom is -0.326 e. The van der Waals surface area contributed by atoms with E-state index in [4.69, 9.17) is 34.8 Å². The highest BCUT2D eigenvalue weighted by Crippen LogP contribution is 2.36. The summed E-state index contributed by atoms with van der Waals surface area (Å²) in [4.78, 5) is 37.3. The smallest absolute Gasteiger partial charge is 0.277 e. The van der Waals surface area contributed by atoms with Crippen LogP contribution in [0, 0.1) is 0 Å². The summed E-state index contributed by atoms with van der Waals surface area (Å²) < 4.78 is 0. The topological polar surface area (TPSA) is 66.5 Å². The number of rotatable bonds is 3. The van der Waals surface area contributed by atoms with Crippen LogP contribution in [-0.4, -0.2) is 17.7 Å². The van der Waals surface area contributed by atoms with Crippen molar-refractivity contribution in [3.63, 3.8) is 0 Å². The van der Waals surface area contributed by atoms with Crippen LogP contribution in [0.5, 0.6) is 0 Å². The van der Waals surface area contributed by atoms with Crippen molar-refractivity contribution >= 4 is 69.5 Å². The minimum absolute atomic E-state index is 0.0714. The van der Waals surface area contributed by atoms with Crippen LogP contribution in [0.15, 0.2) is 47.5 Å². The van der Waals surface area contributed by atoms with Crippen molar-refractivity contribution < 1.29 is 14.4 Å². The lowest BCUT2D eigenvalue weighted by Gasteiger charge is -2.15. The van der Waals surface area contributed by atoms with Crippen LogP contribution in [0.1, 0.15) is 12.5 Å². The molecule has 0 aromatic heterocycles. The highest BCUT2D eigenvalue weighted by atomic mass is 35.5. The molecule has 0 saturated carbocycles. The molecule has 8 heteroatoms. The molecule has 1 N–H and O–H groups in total. The fourth-order valence-corrected chi connectivity index (χ4v) is 3.37. The molecule has 0 aliphatic carbocycles. The zero-order valence-corrected chi connectivity index (χ0v) is 15.6. The Hall–Kier alpha value is -2.34. The van der Waals surface area contributed by atoms with Gasteiger partial charge in [-0.05, 0) is 35.9 Å². The molecule has 1 heterocycles. The lowest BCUT2D eigenvalue weighted by atomic mass is 10.1. The first-order valence-corrected chi connectivity index (χ1v) is 8.54. The van der Waals surface area contributed by atoms with E-state index in [0.29, 0.717) is 11.3 Å². The van der Waals surface area contributed by atoms with Gasteiger partial charge in [0.25, 0.3) is 11.8 Å². The number of hydrogen-bond acceptors (Lipinski definition) is 3. The van der Waals surface area contributed by atoms with Gasteiger partial charge >= 0.3 is 0 Å². The molecule has 0 radical (unpaired) electrons. The van der Waals surface area contributed by atoms with E-state index < -0.39 is 11.8 Å². The third-order valence-corrected chi connectivity index (χ3v) is 4.41. The molecular formula is C18H11Cl3N2O3. The Balaban J connectivity index is 1.97. The van der Waals surface area contributed by atoms with E-state index in [1.165, 1.54) is 25.1 Å². The number of amides is 3. The number of benzene rings is 2. The second-order valence-electron chi connectivity index (χ2n) is 5.52. The van der Waals surface area contributed by atoms with Gasteiger partial charge < -0.3 is 5.32 Å². The first kappa shape index (κ1) is 18.5. The Kier molecular flexibility index (Phi) is 5.05. The molecule has 0 unspecified atom stereocenters. The van der Waals surface area contributed by atoms with Gasteiger partial charge in [0, 0.05) is 22.7 Å². The molecular weight excluding hydrogens is 399 g/mol. The van der Waals surface area contributed by atoms with Crippen molar-refractivity contribution in [2.75, 3.05) is 10.2 Å². The molecule has 1 aliphatic rings. The molecule has 0 spiro atoms. The second kappa shape index (κ2) is 7.11. The number of anilines is 2. The maximum absolute atomic E-state index is 12.8. The molecule has 26 heavy (non-hydrogen) atoms. The molecule has 0 fully saturated rings. The zero-order valence-electron chi connectivity index (χ0n) is 13.3. The van der Waals surface area contributed by atoms with E-state index in [-0.39, 0.29) is 32.2 Å². The summed E-state index contributed by atoms with van der Waals surface area (Å²) in [6.45, 7) is 1.39. The predicted molar refractivity (Wildman–Crippen MR) is 102 cm³/mol. The van der Waals surface area contributed by atoms with Crippen LogP contribution in [-0.2, 0) is 14.4 Å². The first-order chi connectivity index (χ1) is 12.3. The Labute approximate surface area is 164 Å². The van der Waals surface area contributed by atoms with Gasteiger partial charge in [0.2, 0.25) is 5.91 Å². The van der Waals surface area contributed by atoms with Crippen molar-refractivity contribution in [3.8, 4) is 0 Å². The molecule has 2 aromatic rings. The summed E-state index contributed by atoms with van der Waals surface area (Å²) in [6.07, 6.45) is 0. The Morgan fingerprint density at radius 2 is 1.50 bits per heavy atom. The second-order valence-corrected chi connectivity index (χ2v) is 6.77. The normalized spacial score (nSPS) is 14.2. The standard InChI is InChI=1S/C18H11Cl3N2O3/c1-9(24)22-13-4-2-10(3-5-13)15-16(21)18(26)23(17(15)25)14-7-11(19)6-12(20)8-14/h2-8H,1H3,(H,22,24). The largest absolute Gasteiger partial charge is 0.326 e. The SMILES string of the molecule is CC(=O)Nc1ccc(C2=C(Cl)C(=O)N(c3cc(Cl)cc(Cl)c3)C2=O)cc1. The first-order valence-electron chi connectivity index (χ1n) is 7.40. The van der Waals surface area contributed by atoms with Gasteiger partial charge in [-0.15, -0.1) is 0 Å². The van der Waals surface area contributed by atoms with Crippen molar-refractivity contribution in [3.05, 3.63) is 63.1 Å². The monoisotopic (exact) mass is 408 g/mol. The van der Waals surface area contributed by atoms with Crippen LogP contribution < -0.4 is 10.2 Å². The van der Waals surface area contributed by atoms with Gasteiger partial charge in [-0.1, -0.05) is 46.9 Å². The predicted octanol–water partition coefficient (Wildman–Crippen LogP) is 4.48. The number of hydrogen-bond donors (Lipinski definition) is 1. The van der Waals surface area contributed by atoms with Crippen molar-refractivity contribution in [1.29, 1.82) is 0 Å². The summed E-state index contributed by atoms with van der Waals surface area (Å²) in [5, 5.41) is 3.00. The van der Waals surface area contributed by atoms with Gasteiger partial charge in [0.15, 0.2) is 0 Å². The zero-order chi connectivity index (χ0) is 19.0. The number of imide groups is 1. The van der Waals surface area contributed by atoms with E-state index in [9.17, 15) is 14.4 Å². The third-order valence-electron chi connectivity index (χ3n) is 3.63. The number of carbonyl (C=O) groups is 3. The van der Waals surface area contributed by atoms with Crippen LogP contribution in [0.2, 0.25) is 10.0 Å². The Bertz CT molecular complexity index is 948. The summed E-state index contributed by atoms with van der Waals surface area (Å²) >= 11 is 18.1. The fourth-order valence-electron chi connectivity index (χ4n) is 2.58. The van der Waals surface area contributed by atoms with Crippen LogP contribution in [0.4, 0.5) is 11.4 Å².